The van der Waals surface area contributed by atoms with Crippen LogP contribution in [-0.2, 0) is 29.1 Å². The van der Waals surface area contributed by atoms with E-state index >= 15 is 0 Å². The quantitative estimate of drug-likeness (QED) is 0.454. The van der Waals surface area contributed by atoms with E-state index in [1.807, 2.05) is 0 Å². The molecular formula is C16H24ClN3O6S. The van der Waals surface area contributed by atoms with Crippen molar-refractivity contribution >= 4 is 33.4 Å². The Bertz CT molecular complexity index is 705. The highest BCUT2D eigenvalue weighted by Crippen LogP contribution is 2.19. The first-order valence-corrected chi connectivity index (χ1v) is 9.90. The van der Waals surface area contributed by atoms with Gasteiger partial charge in [0.25, 0.3) is 0 Å². The van der Waals surface area contributed by atoms with Gasteiger partial charge in [-0.15, -0.1) is 0 Å². The number of halogens is 1. The Labute approximate surface area is 164 Å². The summed E-state index contributed by atoms with van der Waals surface area (Å²) in [7, 11) is -1.15. The summed E-state index contributed by atoms with van der Waals surface area (Å²) < 4.78 is 36.2. The minimum absolute atomic E-state index is 0.107. The molecule has 0 aliphatic rings. The van der Waals surface area contributed by atoms with Gasteiger partial charge in [0, 0.05) is 32.3 Å². The van der Waals surface area contributed by atoms with E-state index in [0.29, 0.717) is 0 Å². The maximum absolute atomic E-state index is 12.9. The molecule has 0 heterocycles. The van der Waals surface area contributed by atoms with E-state index in [2.05, 4.69) is 10.6 Å². The molecule has 11 heteroatoms. The van der Waals surface area contributed by atoms with Crippen molar-refractivity contribution in [2.45, 2.75) is 4.90 Å². The largest absolute Gasteiger partial charge is 0.383 e. The zero-order valence-electron chi connectivity index (χ0n) is 15.2. The monoisotopic (exact) mass is 421 g/mol. The molecule has 1 aromatic carbocycles. The van der Waals surface area contributed by atoms with Crippen molar-refractivity contribution in [3.63, 3.8) is 0 Å². The molecule has 0 saturated heterocycles. The molecule has 0 atom stereocenters. The minimum Gasteiger partial charge on any atom is -0.383 e. The summed E-state index contributed by atoms with van der Waals surface area (Å²) in [6.07, 6.45) is 0. The van der Waals surface area contributed by atoms with Crippen LogP contribution in [0, 0.1) is 0 Å². The number of ether oxygens (including phenoxy) is 2. The highest BCUT2D eigenvalue weighted by molar-refractivity contribution is 7.89. The Kier molecular flexibility index (Phi) is 10.3. The van der Waals surface area contributed by atoms with Crippen molar-refractivity contribution in [2.75, 3.05) is 53.6 Å². The number of sulfonamides is 1. The summed E-state index contributed by atoms with van der Waals surface area (Å²) in [6.45, 7) is -0.0259. The number of carbonyl (C=O) groups excluding carboxylic acids is 2. The molecule has 2 N–H and O–H groups in total. The summed E-state index contributed by atoms with van der Waals surface area (Å²) >= 11 is 5.87. The second kappa shape index (κ2) is 11.9. The highest BCUT2D eigenvalue weighted by Gasteiger charge is 2.28. The summed E-state index contributed by atoms with van der Waals surface area (Å²) in [5.74, 6) is -1.11. The van der Waals surface area contributed by atoms with Gasteiger partial charge in [-0.25, -0.2) is 8.42 Å². The maximum Gasteiger partial charge on any atom is 0.244 e. The summed E-state index contributed by atoms with van der Waals surface area (Å²) in [6, 6.07) is 5.61. The number of rotatable bonds is 12. The van der Waals surface area contributed by atoms with E-state index in [1.165, 1.54) is 38.5 Å². The third-order valence-corrected chi connectivity index (χ3v) is 5.35. The Morgan fingerprint density at radius 1 is 1.04 bits per heavy atom. The molecule has 2 amide bonds. The number of hydrogen-bond acceptors (Lipinski definition) is 6. The number of hydrogen-bond donors (Lipinski definition) is 2. The summed E-state index contributed by atoms with van der Waals surface area (Å²) in [5, 5.41) is 5.28. The zero-order valence-corrected chi connectivity index (χ0v) is 16.8. The third-order valence-electron chi connectivity index (χ3n) is 3.33. The molecule has 27 heavy (non-hydrogen) atoms. The highest BCUT2D eigenvalue weighted by atomic mass is 35.5. The fourth-order valence-electron chi connectivity index (χ4n) is 2.02. The van der Waals surface area contributed by atoms with Crippen molar-refractivity contribution in [1.29, 1.82) is 0 Å². The topological polar surface area (TPSA) is 114 Å². The zero-order chi connectivity index (χ0) is 20.3. The SMILES string of the molecule is COCCNC(=O)CN(CC(=O)NCCOC)S(=O)(=O)c1cccc(Cl)c1. The number of amides is 2. The van der Waals surface area contributed by atoms with Crippen molar-refractivity contribution in [2.24, 2.45) is 0 Å². The molecule has 9 nitrogen and oxygen atoms in total. The van der Waals surface area contributed by atoms with Gasteiger partial charge in [0.15, 0.2) is 0 Å². The number of benzene rings is 1. The third kappa shape index (κ3) is 8.22. The first-order chi connectivity index (χ1) is 12.8. The van der Waals surface area contributed by atoms with Gasteiger partial charge >= 0.3 is 0 Å². The summed E-state index contributed by atoms with van der Waals surface area (Å²) in [4.78, 5) is 24.0. The average molecular weight is 422 g/mol. The smallest absolute Gasteiger partial charge is 0.244 e. The molecule has 0 aliphatic heterocycles. The first-order valence-electron chi connectivity index (χ1n) is 8.08. The molecule has 0 unspecified atom stereocenters. The predicted octanol–water partition coefficient (Wildman–Crippen LogP) is -0.144. The van der Waals surface area contributed by atoms with Gasteiger partial charge in [0.05, 0.1) is 31.2 Å². The first kappa shape index (κ1) is 23.3. The Hall–Kier alpha value is -1.72. The molecule has 0 saturated carbocycles. The molecule has 0 aromatic heterocycles. The second-order valence-corrected chi connectivity index (χ2v) is 7.79. The van der Waals surface area contributed by atoms with Crippen LogP contribution in [0.5, 0.6) is 0 Å². The lowest BCUT2D eigenvalue weighted by atomic mass is 10.4. The Morgan fingerprint density at radius 3 is 2.00 bits per heavy atom. The van der Waals surface area contributed by atoms with Crippen LogP contribution in [-0.4, -0.2) is 78.1 Å². The van der Waals surface area contributed by atoms with Gasteiger partial charge in [-0.3, -0.25) is 9.59 Å². The average Bonchev–Trinajstić information content (AvgIpc) is 2.61. The van der Waals surface area contributed by atoms with Crippen LogP contribution in [0.3, 0.4) is 0 Å². The van der Waals surface area contributed by atoms with Crippen LogP contribution in [0.2, 0.25) is 5.02 Å². The van der Waals surface area contributed by atoms with Crippen LogP contribution in [0.4, 0.5) is 0 Å². The molecule has 152 valence electrons. The van der Waals surface area contributed by atoms with E-state index in [9.17, 15) is 18.0 Å². The second-order valence-electron chi connectivity index (χ2n) is 5.42. The molecule has 0 fully saturated rings. The van der Waals surface area contributed by atoms with Gasteiger partial charge in [-0.2, -0.15) is 4.31 Å². The molecule has 0 aliphatic carbocycles. The van der Waals surface area contributed by atoms with E-state index < -0.39 is 34.9 Å². The molecule has 0 bridgehead atoms. The van der Waals surface area contributed by atoms with Crippen LogP contribution >= 0.6 is 11.6 Å². The molecule has 0 radical (unpaired) electrons. The van der Waals surface area contributed by atoms with Gasteiger partial charge in [-0.05, 0) is 18.2 Å². The Morgan fingerprint density at radius 2 is 1.56 bits per heavy atom. The van der Waals surface area contributed by atoms with Gasteiger partial charge in [0.1, 0.15) is 0 Å². The lowest BCUT2D eigenvalue weighted by Crippen LogP contribution is -2.46. The number of methoxy groups -OCH3 is 2. The number of carbonyl (C=O) groups is 2. The van der Waals surface area contributed by atoms with E-state index in [-0.39, 0.29) is 36.2 Å². The Balaban J connectivity index is 2.94. The molecule has 1 aromatic rings. The van der Waals surface area contributed by atoms with Crippen molar-refractivity contribution < 1.29 is 27.5 Å². The van der Waals surface area contributed by atoms with E-state index in [1.54, 1.807) is 0 Å². The fourth-order valence-corrected chi connectivity index (χ4v) is 3.67. The minimum atomic E-state index is -4.11. The molecule has 0 spiro atoms. The van der Waals surface area contributed by atoms with Gasteiger partial charge in [-0.1, -0.05) is 17.7 Å². The van der Waals surface area contributed by atoms with Crippen molar-refractivity contribution in [1.82, 2.24) is 14.9 Å². The van der Waals surface area contributed by atoms with Crippen molar-refractivity contribution in [3.05, 3.63) is 29.3 Å². The van der Waals surface area contributed by atoms with E-state index in [4.69, 9.17) is 21.1 Å². The standard InChI is InChI=1S/C16H24ClN3O6S/c1-25-8-6-18-15(21)11-20(12-16(22)19-7-9-26-2)27(23,24)14-5-3-4-13(17)10-14/h3-5,10H,6-9,11-12H2,1-2H3,(H,18,21)(H,19,22). The van der Waals surface area contributed by atoms with Crippen LogP contribution in [0.25, 0.3) is 0 Å². The lowest BCUT2D eigenvalue weighted by molar-refractivity contribution is -0.123. The summed E-state index contributed by atoms with van der Waals surface area (Å²) in [5.41, 5.74) is 0. The van der Waals surface area contributed by atoms with Gasteiger partial charge in [0.2, 0.25) is 21.8 Å². The lowest BCUT2D eigenvalue weighted by Gasteiger charge is -2.21. The molecular weight excluding hydrogens is 398 g/mol. The predicted molar refractivity (Wildman–Crippen MR) is 100.0 cm³/mol. The van der Waals surface area contributed by atoms with Crippen LogP contribution < -0.4 is 10.6 Å². The maximum atomic E-state index is 12.9. The fraction of sp³-hybridized carbons (Fsp3) is 0.500. The molecule has 1 rings (SSSR count). The van der Waals surface area contributed by atoms with Crippen molar-refractivity contribution in [3.8, 4) is 0 Å². The van der Waals surface area contributed by atoms with Crippen LogP contribution in [0.15, 0.2) is 29.2 Å². The van der Waals surface area contributed by atoms with E-state index in [0.717, 1.165) is 4.31 Å². The number of nitrogens with zero attached hydrogens (tertiary/aromatic N) is 1. The van der Waals surface area contributed by atoms with Crippen LogP contribution in [0.1, 0.15) is 0 Å². The normalized spacial score (nSPS) is 11.4. The van der Waals surface area contributed by atoms with Gasteiger partial charge < -0.3 is 20.1 Å². The number of nitrogens with one attached hydrogen (secondary N) is 2.